The highest BCUT2D eigenvalue weighted by Gasteiger charge is 2.34. The van der Waals surface area contributed by atoms with Crippen molar-refractivity contribution >= 4 is 29.3 Å². The van der Waals surface area contributed by atoms with E-state index in [-0.39, 0.29) is 50.6 Å². The predicted molar refractivity (Wildman–Crippen MR) is 102 cm³/mol. The number of amides is 3. The summed E-state index contributed by atoms with van der Waals surface area (Å²) in [7, 11) is 0. The molecule has 3 rings (SSSR count). The molecule has 0 bridgehead atoms. The number of ether oxygens (including phenoxy) is 1. The smallest absolute Gasteiger partial charge is 0.414 e. The standard InChI is InChI=1S/C18H21F4N5O5/c19-12-5-10(26-8-11(32-18(26)31)7-23-17(30)16(21)22)6-13(20)15(12)25-2-1-24-27(4-3-25)14(29)9-28/h5-6,11,16,24,28H,1-4,7-9H2,(H,23,30). The Labute approximate surface area is 179 Å². The summed E-state index contributed by atoms with van der Waals surface area (Å²) in [6.45, 7) is -0.765. The Bertz CT molecular complexity index is 866. The number of hydrogen-bond acceptors (Lipinski definition) is 7. The van der Waals surface area contributed by atoms with Crippen LogP contribution in [0.1, 0.15) is 0 Å². The summed E-state index contributed by atoms with van der Waals surface area (Å²) in [6, 6.07) is 1.88. The van der Waals surface area contributed by atoms with E-state index in [1.165, 1.54) is 4.90 Å². The number of benzene rings is 1. The third-order valence-electron chi connectivity index (χ3n) is 4.92. The molecule has 1 atom stereocenters. The summed E-state index contributed by atoms with van der Waals surface area (Å²) >= 11 is 0. The second-order valence-corrected chi connectivity index (χ2v) is 7.02. The van der Waals surface area contributed by atoms with Crippen molar-refractivity contribution in [1.82, 2.24) is 15.8 Å². The number of anilines is 2. The maximum Gasteiger partial charge on any atom is 0.414 e. The number of carbonyl (C=O) groups is 3. The van der Waals surface area contributed by atoms with Crippen molar-refractivity contribution in [3.05, 3.63) is 23.8 Å². The number of hydrogen-bond donors (Lipinski definition) is 3. The Kier molecular flexibility index (Phi) is 7.35. The first-order valence-electron chi connectivity index (χ1n) is 9.64. The molecule has 3 amide bonds. The number of alkyl halides is 2. The van der Waals surface area contributed by atoms with Crippen LogP contribution < -0.4 is 20.5 Å². The highest BCUT2D eigenvalue weighted by atomic mass is 19.3. The topological polar surface area (TPSA) is 114 Å². The molecule has 0 aliphatic carbocycles. The molecule has 2 heterocycles. The fourth-order valence-corrected chi connectivity index (χ4v) is 3.39. The Morgan fingerprint density at radius 3 is 2.53 bits per heavy atom. The molecular formula is C18H21F4N5O5. The lowest BCUT2D eigenvalue weighted by Gasteiger charge is -2.25. The highest BCUT2D eigenvalue weighted by molar-refractivity contribution is 5.90. The van der Waals surface area contributed by atoms with Crippen LogP contribution in [0.3, 0.4) is 0 Å². The SMILES string of the molecule is O=C(NCC1CN(c2cc(F)c(N3CCNN(C(=O)CO)CC3)c(F)c2)C(=O)O1)C(F)F. The van der Waals surface area contributed by atoms with Crippen LogP contribution in [-0.4, -0.2) is 86.4 Å². The molecule has 32 heavy (non-hydrogen) atoms. The minimum absolute atomic E-state index is 0.0739. The van der Waals surface area contributed by atoms with Gasteiger partial charge in [-0.25, -0.2) is 19.0 Å². The summed E-state index contributed by atoms with van der Waals surface area (Å²) in [4.78, 5) is 36.9. The van der Waals surface area contributed by atoms with Gasteiger partial charge >= 0.3 is 12.5 Å². The van der Waals surface area contributed by atoms with E-state index in [9.17, 15) is 31.9 Å². The van der Waals surface area contributed by atoms with Crippen LogP contribution >= 0.6 is 0 Å². The van der Waals surface area contributed by atoms with Crippen LogP contribution in [0.15, 0.2) is 12.1 Å². The zero-order valence-electron chi connectivity index (χ0n) is 16.7. The third kappa shape index (κ3) is 5.19. The fraction of sp³-hybridized carbons (Fsp3) is 0.500. The Hall–Kier alpha value is -3.13. The quantitative estimate of drug-likeness (QED) is 0.502. The van der Waals surface area contributed by atoms with E-state index >= 15 is 0 Å². The highest BCUT2D eigenvalue weighted by Crippen LogP contribution is 2.31. The van der Waals surface area contributed by atoms with Gasteiger partial charge in [-0.2, -0.15) is 8.78 Å². The van der Waals surface area contributed by atoms with Crippen LogP contribution in [0.25, 0.3) is 0 Å². The van der Waals surface area contributed by atoms with Crippen LogP contribution in [0.2, 0.25) is 0 Å². The normalized spacial score (nSPS) is 19.2. The minimum atomic E-state index is -3.22. The molecule has 2 aliphatic heterocycles. The predicted octanol–water partition coefficient (Wildman–Crippen LogP) is -0.183. The first-order chi connectivity index (χ1) is 15.2. The van der Waals surface area contributed by atoms with Gasteiger partial charge in [-0.15, -0.1) is 0 Å². The molecule has 2 saturated heterocycles. The number of aliphatic hydroxyl groups excluding tert-OH is 1. The average Bonchev–Trinajstić information content (AvgIpc) is 2.95. The Morgan fingerprint density at radius 1 is 1.22 bits per heavy atom. The van der Waals surface area contributed by atoms with Crippen molar-refractivity contribution < 1.29 is 41.8 Å². The van der Waals surface area contributed by atoms with Gasteiger partial charge in [0.05, 0.1) is 25.3 Å². The average molecular weight is 463 g/mol. The summed E-state index contributed by atoms with van der Waals surface area (Å²) in [5, 5.41) is 12.0. The largest absolute Gasteiger partial charge is 0.442 e. The van der Waals surface area contributed by atoms with Gasteiger partial charge < -0.3 is 20.1 Å². The zero-order valence-corrected chi connectivity index (χ0v) is 16.7. The summed E-state index contributed by atoms with van der Waals surface area (Å²) in [6.07, 6.45) is -5.13. The van der Waals surface area contributed by atoms with Crippen molar-refractivity contribution in [2.75, 3.05) is 55.7 Å². The van der Waals surface area contributed by atoms with Gasteiger partial charge in [0.25, 0.3) is 11.8 Å². The number of carbonyl (C=O) groups excluding carboxylic acids is 3. The molecular weight excluding hydrogens is 442 g/mol. The van der Waals surface area contributed by atoms with Gasteiger partial charge in [0.2, 0.25) is 0 Å². The van der Waals surface area contributed by atoms with Gasteiger partial charge in [0.1, 0.15) is 18.4 Å². The van der Waals surface area contributed by atoms with Crippen LogP contribution in [-0.2, 0) is 14.3 Å². The lowest BCUT2D eigenvalue weighted by atomic mass is 10.2. The van der Waals surface area contributed by atoms with Crippen LogP contribution in [0.4, 0.5) is 33.7 Å². The number of rotatable bonds is 6. The Balaban J connectivity index is 1.70. The van der Waals surface area contributed by atoms with Gasteiger partial charge in [0, 0.05) is 31.8 Å². The Morgan fingerprint density at radius 2 is 1.91 bits per heavy atom. The van der Waals surface area contributed by atoms with Crippen molar-refractivity contribution in [2.24, 2.45) is 0 Å². The number of cyclic esters (lactones) is 1. The van der Waals surface area contributed by atoms with E-state index in [4.69, 9.17) is 9.84 Å². The molecule has 1 unspecified atom stereocenters. The fourth-order valence-electron chi connectivity index (χ4n) is 3.39. The molecule has 3 N–H and O–H groups in total. The first-order valence-corrected chi connectivity index (χ1v) is 9.64. The molecule has 1 aromatic carbocycles. The summed E-state index contributed by atoms with van der Waals surface area (Å²) in [5.74, 6) is -4.00. The second kappa shape index (κ2) is 9.99. The number of hydrazine groups is 1. The lowest BCUT2D eigenvalue weighted by Crippen LogP contribution is -2.45. The van der Waals surface area contributed by atoms with E-state index in [1.54, 1.807) is 0 Å². The van der Waals surface area contributed by atoms with E-state index in [1.807, 2.05) is 5.32 Å². The van der Waals surface area contributed by atoms with Gasteiger partial charge in [0.15, 0.2) is 11.6 Å². The number of aliphatic hydroxyl groups is 1. The van der Waals surface area contributed by atoms with E-state index in [0.717, 1.165) is 22.0 Å². The molecule has 2 fully saturated rings. The van der Waals surface area contributed by atoms with Crippen molar-refractivity contribution in [1.29, 1.82) is 0 Å². The molecule has 10 nitrogen and oxygen atoms in total. The summed E-state index contributed by atoms with van der Waals surface area (Å²) < 4.78 is 59.1. The van der Waals surface area contributed by atoms with E-state index in [0.29, 0.717) is 0 Å². The maximum atomic E-state index is 14.8. The second-order valence-electron chi connectivity index (χ2n) is 7.02. The van der Waals surface area contributed by atoms with Gasteiger partial charge in [-0.1, -0.05) is 0 Å². The molecule has 0 spiro atoms. The maximum absolute atomic E-state index is 14.8. The van der Waals surface area contributed by atoms with Crippen molar-refractivity contribution in [2.45, 2.75) is 12.5 Å². The van der Waals surface area contributed by atoms with E-state index in [2.05, 4.69) is 5.43 Å². The monoisotopic (exact) mass is 463 g/mol. The van der Waals surface area contributed by atoms with Crippen molar-refractivity contribution in [3.63, 3.8) is 0 Å². The number of nitrogens with zero attached hydrogens (tertiary/aromatic N) is 3. The molecule has 1 aromatic rings. The molecule has 176 valence electrons. The minimum Gasteiger partial charge on any atom is -0.442 e. The van der Waals surface area contributed by atoms with Crippen molar-refractivity contribution in [3.8, 4) is 0 Å². The van der Waals surface area contributed by atoms with Crippen LogP contribution in [0.5, 0.6) is 0 Å². The summed E-state index contributed by atoms with van der Waals surface area (Å²) in [5.41, 5.74) is 2.27. The molecule has 14 heteroatoms. The van der Waals surface area contributed by atoms with E-state index < -0.39 is 48.7 Å². The molecule has 0 saturated carbocycles. The van der Waals surface area contributed by atoms with Gasteiger partial charge in [-0.3, -0.25) is 19.5 Å². The lowest BCUT2D eigenvalue weighted by molar-refractivity contribution is -0.137. The zero-order chi connectivity index (χ0) is 23.4. The van der Waals surface area contributed by atoms with Crippen LogP contribution in [0, 0.1) is 11.6 Å². The number of nitrogens with one attached hydrogen (secondary N) is 2. The molecule has 2 aliphatic rings. The molecule has 0 aromatic heterocycles. The first kappa shape index (κ1) is 23.5. The van der Waals surface area contributed by atoms with Gasteiger partial charge in [-0.05, 0) is 0 Å². The number of halogens is 4. The third-order valence-corrected chi connectivity index (χ3v) is 4.92. The molecule has 0 radical (unpaired) electrons.